The largest absolute Gasteiger partial charge is 0.489 e. The van der Waals surface area contributed by atoms with Crippen LogP contribution in [0.2, 0.25) is 0 Å². The summed E-state index contributed by atoms with van der Waals surface area (Å²) >= 11 is 0. The maximum Gasteiger partial charge on any atom is 0.227 e. The van der Waals surface area contributed by atoms with E-state index in [4.69, 9.17) is 4.74 Å². The van der Waals surface area contributed by atoms with E-state index in [0.29, 0.717) is 41.5 Å². The van der Waals surface area contributed by atoms with Gasteiger partial charge in [0.1, 0.15) is 12.4 Å². The van der Waals surface area contributed by atoms with Crippen LogP contribution in [0.1, 0.15) is 46.4 Å². The van der Waals surface area contributed by atoms with Crippen LogP contribution in [0.4, 0.5) is 11.6 Å². The standard InChI is InChI=1S/C25H21N5O2/c26-12-16-9-18(29-25-28-14-21-23(30-25)7-3-4-8-24(21)31)11-19(10-16)32-15-17-13-27-22-6-2-1-5-20(17)22/h1-2,5-6,9-11,13-14,27H,3-4,7-8,15H2,(H,28,29,30). The number of H-pyrrole nitrogens is 1. The van der Waals surface area contributed by atoms with Crippen molar-refractivity contribution in [3.63, 3.8) is 0 Å². The molecule has 0 bridgehead atoms. The van der Waals surface area contributed by atoms with Gasteiger partial charge in [-0.15, -0.1) is 0 Å². The van der Waals surface area contributed by atoms with Gasteiger partial charge in [-0.3, -0.25) is 4.79 Å². The molecule has 0 atom stereocenters. The smallest absolute Gasteiger partial charge is 0.227 e. The highest BCUT2D eigenvalue weighted by Gasteiger charge is 2.18. The number of carbonyl (C=O) groups is 1. The first-order valence-corrected chi connectivity index (χ1v) is 10.6. The van der Waals surface area contributed by atoms with Crippen molar-refractivity contribution in [2.24, 2.45) is 0 Å². The van der Waals surface area contributed by atoms with Crippen LogP contribution in [0.15, 0.2) is 54.9 Å². The number of carbonyl (C=O) groups excluding carboxylic acids is 1. The molecule has 2 aromatic heterocycles. The number of fused-ring (bicyclic) bond motifs is 2. The van der Waals surface area contributed by atoms with Gasteiger partial charge in [0.2, 0.25) is 5.95 Å². The molecule has 0 spiro atoms. The number of nitriles is 1. The fourth-order valence-corrected chi connectivity index (χ4v) is 3.97. The van der Waals surface area contributed by atoms with Crippen LogP contribution in [0, 0.1) is 11.3 Å². The van der Waals surface area contributed by atoms with Crippen molar-refractivity contribution in [1.29, 1.82) is 5.26 Å². The molecular weight excluding hydrogens is 402 g/mol. The lowest BCUT2D eigenvalue weighted by atomic mass is 10.1. The number of ketones is 1. The summed E-state index contributed by atoms with van der Waals surface area (Å²) in [7, 11) is 0. The minimum Gasteiger partial charge on any atom is -0.489 e. The van der Waals surface area contributed by atoms with Gasteiger partial charge in [0, 0.05) is 47.0 Å². The molecule has 32 heavy (non-hydrogen) atoms. The van der Waals surface area contributed by atoms with Crippen molar-refractivity contribution in [2.75, 3.05) is 5.32 Å². The number of Topliss-reactive ketones (excluding diaryl/α,β-unsaturated/α-hetero) is 1. The van der Waals surface area contributed by atoms with Crippen molar-refractivity contribution in [1.82, 2.24) is 15.0 Å². The van der Waals surface area contributed by atoms with E-state index < -0.39 is 0 Å². The molecule has 7 heteroatoms. The predicted octanol–water partition coefficient (Wildman–Crippen LogP) is 5.06. The molecule has 0 unspecified atom stereocenters. The molecule has 2 aromatic carbocycles. The Bertz CT molecular complexity index is 1350. The molecule has 4 aromatic rings. The highest BCUT2D eigenvalue weighted by molar-refractivity contribution is 5.97. The number of para-hydroxylation sites is 1. The molecule has 5 rings (SSSR count). The topological polar surface area (TPSA) is 104 Å². The number of nitrogens with zero attached hydrogens (tertiary/aromatic N) is 3. The molecule has 2 N–H and O–H groups in total. The fourth-order valence-electron chi connectivity index (χ4n) is 3.97. The highest BCUT2D eigenvalue weighted by atomic mass is 16.5. The van der Waals surface area contributed by atoms with Crippen LogP contribution < -0.4 is 10.1 Å². The molecule has 1 aliphatic carbocycles. The number of aromatic nitrogens is 3. The van der Waals surface area contributed by atoms with Crippen molar-refractivity contribution in [2.45, 2.75) is 32.3 Å². The summed E-state index contributed by atoms with van der Waals surface area (Å²) in [5, 5.41) is 13.7. The number of anilines is 2. The lowest BCUT2D eigenvalue weighted by Gasteiger charge is -2.11. The SMILES string of the molecule is N#Cc1cc(Nc2ncc3c(n2)CCCCC3=O)cc(OCc2c[nH]c3ccccc23)c1. The number of nitrogens with one attached hydrogen (secondary N) is 2. The van der Waals surface area contributed by atoms with Gasteiger partial charge < -0.3 is 15.0 Å². The van der Waals surface area contributed by atoms with Gasteiger partial charge in [0.05, 0.1) is 22.9 Å². The van der Waals surface area contributed by atoms with E-state index in [2.05, 4.69) is 26.3 Å². The van der Waals surface area contributed by atoms with E-state index in [-0.39, 0.29) is 5.78 Å². The highest BCUT2D eigenvalue weighted by Crippen LogP contribution is 2.26. The van der Waals surface area contributed by atoms with E-state index in [1.807, 2.05) is 36.5 Å². The number of aryl methyl sites for hydroxylation is 1. The van der Waals surface area contributed by atoms with Crippen molar-refractivity contribution in [3.05, 3.63) is 77.2 Å². The van der Waals surface area contributed by atoms with Gasteiger partial charge in [-0.05, 0) is 37.5 Å². The van der Waals surface area contributed by atoms with Crippen LogP contribution in [-0.2, 0) is 13.0 Å². The Hall–Kier alpha value is -4.18. The molecule has 7 nitrogen and oxygen atoms in total. The third-order valence-electron chi connectivity index (χ3n) is 5.60. The van der Waals surface area contributed by atoms with Gasteiger partial charge in [-0.1, -0.05) is 18.2 Å². The number of aromatic amines is 1. The van der Waals surface area contributed by atoms with Crippen molar-refractivity contribution < 1.29 is 9.53 Å². The second-order valence-corrected chi connectivity index (χ2v) is 7.82. The third kappa shape index (κ3) is 4.03. The zero-order valence-electron chi connectivity index (χ0n) is 17.4. The van der Waals surface area contributed by atoms with E-state index >= 15 is 0 Å². The van der Waals surface area contributed by atoms with Gasteiger partial charge >= 0.3 is 0 Å². The zero-order valence-corrected chi connectivity index (χ0v) is 17.4. The quantitative estimate of drug-likeness (QED) is 0.435. The average molecular weight is 423 g/mol. The van der Waals surface area contributed by atoms with Crippen LogP contribution in [-0.4, -0.2) is 20.7 Å². The summed E-state index contributed by atoms with van der Waals surface area (Å²) in [6, 6.07) is 15.5. The molecule has 0 amide bonds. The Balaban J connectivity index is 1.37. The maximum atomic E-state index is 12.2. The molecule has 0 saturated heterocycles. The van der Waals surface area contributed by atoms with E-state index in [0.717, 1.165) is 41.4 Å². The normalized spacial score (nSPS) is 13.3. The Morgan fingerprint density at radius 2 is 2.03 bits per heavy atom. The number of rotatable bonds is 5. The second-order valence-electron chi connectivity index (χ2n) is 7.82. The van der Waals surface area contributed by atoms with Crippen LogP contribution >= 0.6 is 0 Å². The monoisotopic (exact) mass is 423 g/mol. The first-order chi connectivity index (χ1) is 15.7. The van der Waals surface area contributed by atoms with Crippen molar-refractivity contribution in [3.8, 4) is 11.8 Å². The minimum absolute atomic E-state index is 0.100. The van der Waals surface area contributed by atoms with Gasteiger partial charge in [-0.2, -0.15) is 5.26 Å². The minimum atomic E-state index is 0.100. The third-order valence-corrected chi connectivity index (χ3v) is 5.60. The Labute approximate surface area is 185 Å². The molecule has 0 radical (unpaired) electrons. The van der Waals surface area contributed by atoms with Crippen molar-refractivity contribution >= 4 is 28.3 Å². The summed E-state index contributed by atoms with van der Waals surface area (Å²) in [5.74, 6) is 1.07. The summed E-state index contributed by atoms with van der Waals surface area (Å²) in [6.45, 7) is 0.371. The Morgan fingerprint density at radius 3 is 2.94 bits per heavy atom. The summed E-state index contributed by atoms with van der Waals surface area (Å²) < 4.78 is 6.00. The summed E-state index contributed by atoms with van der Waals surface area (Å²) in [4.78, 5) is 24.3. The van der Waals surface area contributed by atoms with Gasteiger partial charge in [-0.25, -0.2) is 9.97 Å². The van der Waals surface area contributed by atoms with Crippen LogP contribution in [0.5, 0.6) is 5.75 Å². The van der Waals surface area contributed by atoms with E-state index in [9.17, 15) is 10.1 Å². The number of benzene rings is 2. The average Bonchev–Trinajstić information content (AvgIpc) is 3.14. The molecule has 0 aliphatic heterocycles. The lowest BCUT2D eigenvalue weighted by Crippen LogP contribution is -2.07. The molecule has 0 fully saturated rings. The lowest BCUT2D eigenvalue weighted by molar-refractivity contribution is 0.0981. The van der Waals surface area contributed by atoms with E-state index in [1.165, 1.54) is 0 Å². The summed E-state index contributed by atoms with van der Waals surface area (Å²) in [5.41, 5.74) is 4.60. The number of hydrogen-bond donors (Lipinski definition) is 2. The molecule has 0 saturated carbocycles. The molecule has 158 valence electrons. The molecule has 1 aliphatic rings. The number of ether oxygens (including phenoxy) is 1. The van der Waals surface area contributed by atoms with Crippen LogP contribution in [0.3, 0.4) is 0 Å². The predicted molar refractivity (Wildman–Crippen MR) is 121 cm³/mol. The zero-order chi connectivity index (χ0) is 21.9. The van der Waals surface area contributed by atoms with Gasteiger partial charge in [0.15, 0.2) is 5.78 Å². The Morgan fingerprint density at radius 1 is 1.16 bits per heavy atom. The van der Waals surface area contributed by atoms with Crippen LogP contribution in [0.25, 0.3) is 10.9 Å². The first-order valence-electron chi connectivity index (χ1n) is 10.6. The maximum absolute atomic E-state index is 12.2. The van der Waals surface area contributed by atoms with E-state index in [1.54, 1.807) is 18.3 Å². The first kappa shape index (κ1) is 19.8. The van der Waals surface area contributed by atoms with Gasteiger partial charge in [0.25, 0.3) is 0 Å². The number of hydrogen-bond acceptors (Lipinski definition) is 6. The molecule has 2 heterocycles. The fraction of sp³-hybridized carbons (Fsp3) is 0.200. The summed E-state index contributed by atoms with van der Waals surface area (Å²) in [6.07, 6.45) is 6.65. The second kappa shape index (κ2) is 8.52. The molecular formula is C25H21N5O2. The Kier molecular flexibility index (Phi) is 5.26.